The van der Waals surface area contributed by atoms with Gasteiger partial charge in [0.15, 0.2) is 0 Å². The lowest BCUT2D eigenvalue weighted by Crippen LogP contribution is -1.90. The van der Waals surface area contributed by atoms with Crippen LogP contribution in [0.3, 0.4) is 0 Å². The van der Waals surface area contributed by atoms with E-state index >= 15 is 0 Å². The molecule has 0 radical (unpaired) electrons. The first-order valence-electron chi connectivity index (χ1n) is 7.47. The molecule has 0 spiro atoms. The van der Waals surface area contributed by atoms with Gasteiger partial charge >= 0.3 is 0 Å². The average molecular weight is 316 g/mol. The van der Waals surface area contributed by atoms with Crippen LogP contribution in [0.25, 0.3) is 0 Å². The molecule has 118 valence electrons. The second-order valence-corrected chi connectivity index (χ2v) is 5.12. The summed E-state index contributed by atoms with van der Waals surface area (Å²) in [7, 11) is 0. The number of para-hydroxylation sites is 4. The Morgan fingerprint density at radius 2 is 0.917 bits per heavy atom. The van der Waals surface area contributed by atoms with Crippen molar-refractivity contribution in [3.63, 3.8) is 0 Å². The number of rotatable bonds is 4. The van der Waals surface area contributed by atoms with Gasteiger partial charge in [-0.1, -0.05) is 48.5 Å². The van der Waals surface area contributed by atoms with Crippen LogP contribution in [0.5, 0.6) is 11.5 Å². The molecule has 0 bridgehead atoms. The van der Waals surface area contributed by atoms with E-state index in [9.17, 15) is 10.2 Å². The molecule has 0 saturated heterocycles. The van der Waals surface area contributed by atoms with Gasteiger partial charge in [0, 0.05) is 23.6 Å². The highest BCUT2D eigenvalue weighted by Gasteiger charge is 2.00. The van der Waals surface area contributed by atoms with E-state index in [1.807, 2.05) is 36.4 Å². The maximum atomic E-state index is 9.77. The summed E-state index contributed by atoms with van der Waals surface area (Å²) < 4.78 is 0. The zero-order valence-electron chi connectivity index (χ0n) is 12.9. The Balaban J connectivity index is 1.89. The topological polar surface area (TPSA) is 65.2 Å². The first-order valence-corrected chi connectivity index (χ1v) is 7.47. The van der Waals surface area contributed by atoms with Crippen LogP contribution in [0.4, 0.5) is 11.4 Å². The maximum absolute atomic E-state index is 9.77. The van der Waals surface area contributed by atoms with E-state index in [1.54, 1.807) is 48.8 Å². The maximum Gasteiger partial charge on any atom is 0.141 e. The number of phenolic OH excluding ortho intramolecular Hbond substituents is 2. The Kier molecular flexibility index (Phi) is 4.68. The molecule has 0 unspecified atom stereocenters. The third-order valence-electron chi connectivity index (χ3n) is 3.44. The average Bonchev–Trinajstić information content (AvgIpc) is 2.61. The van der Waals surface area contributed by atoms with Crippen LogP contribution in [0, 0.1) is 0 Å². The van der Waals surface area contributed by atoms with Gasteiger partial charge in [0.1, 0.15) is 22.9 Å². The normalized spacial score (nSPS) is 11.3. The number of benzene rings is 3. The van der Waals surface area contributed by atoms with Crippen molar-refractivity contribution in [2.24, 2.45) is 9.98 Å². The Hall–Kier alpha value is -3.40. The van der Waals surface area contributed by atoms with Gasteiger partial charge in [-0.2, -0.15) is 0 Å². The second-order valence-electron chi connectivity index (χ2n) is 5.12. The molecule has 2 N–H and O–H groups in total. The van der Waals surface area contributed by atoms with Crippen LogP contribution in [0.2, 0.25) is 0 Å². The fourth-order valence-corrected chi connectivity index (χ4v) is 2.17. The summed E-state index contributed by atoms with van der Waals surface area (Å²) in [5.74, 6) is 0.267. The standard InChI is InChI=1S/C20H16N2O2/c23-19-11-5-3-9-17(19)21-13-15-7-1-2-8-16(15)14-22-18-10-4-6-12-20(18)24/h1-14,23-24H. The van der Waals surface area contributed by atoms with E-state index in [0.29, 0.717) is 11.4 Å². The van der Waals surface area contributed by atoms with Crippen molar-refractivity contribution in [2.75, 3.05) is 0 Å². The molecule has 0 fully saturated rings. The van der Waals surface area contributed by atoms with Crippen molar-refractivity contribution >= 4 is 23.8 Å². The highest BCUT2D eigenvalue weighted by molar-refractivity contribution is 5.96. The molecule has 4 nitrogen and oxygen atoms in total. The summed E-state index contributed by atoms with van der Waals surface area (Å²) in [5.41, 5.74) is 2.73. The summed E-state index contributed by atoms with van der Waals surface area (Å²) in [6.45, 7) is 0. The van der Waals surface area contributed by atoms with Gasteiger partial charge in [-0.05, 0) is 24.3 Å². The minimum atomic E-state index is 0.133. The molecule has 3 aromatic rings. The molecule has 3 aromatic carbocycles. The summed E-state index contributed by atoms with van der Waals surface area (Å²) in [6, 6.07) is 21.4. The van der Waals surface area contributed by atoms with Gasteiger partial charge in [0.25, 0.3) is 0 Å². The molecule has 0 aliphatic carbocycles. The number of hydrogen-bond acceptors (Lipinski definition) is 4. The molecule has 0 saturated carbocycles. The lowest BCUT2D eigenvalue weighted by molar-refractivity contribution is 0.476. The van der Waals surface area contributed by atoms with E-state index in [-0.39, 0.29) is 11.5 Å². The number of hydrogen-bond donors (Lipinski definition) is 2. The molecule has 0 atom stereocenters. The van der Waals surface area contributed by atoms with Crippen LogP contribution in [-0.2, 0) is 0 Å². The lowest BCUT2D eigenvalue weighted by atomic mass is 10.1. The van der Waals surface area contributed by atoms with Crippen molar-refractivity contribution in [1.29, 1.82) is 0 Å². The van der Waals surface area contributed by atoms with Crippen molar-refractivity contribution in [3.8, 4) is 11.5 Å². The van der Waals surface area contributed by atoms with Gasteiger partial charge in [0.05, 0.1) is 0 Å². The molecular formula is C20H16N2O2. The van der Waals surface area contributed by atoms with Gasteiger partial charge < -0.3 is 10.2 Å². The third kappa shape index (κ3) is 3.67. The molecule has 0 aliphatic rings. The first-order chi connectivity index (χ1) is 11.7. The predicted octanol–water partition coefficient (Wildman–Crippen LogP) is 4.60. The zero-order valence-corrected chi connectivity index (χ0v) is 12.9. The molecule has 0 heterocycles. The van der Waals surface area contributed by atoms with Crippen molar-refractivity contribution < 1.29 is 10.2 Å². The Bertz CT molecular complexity index is 827. The van der Waals surface area contributed by atoms with Gasteiger partial charge in [-0.3, -0.25) is 9.98 Å². The molecule has 0 aliphatic heterocycles. The van der Waals surface area contributed by atoms with E-state index in [0.717, 1.165) is 11.1 Å². The Labute approximate surface area is 140 Å². The fraction of sp³-hybridized carbons (Fsp3) is 0. The third-order valence-corrected chi connectivity index (χ3v) is 3.44. The summed E-state index contributed by atoms with van der Waals surface area (Å²) in [4.78, 5) is 8.65. The highest BCUT2D eigenvalue weighted by Crippen LogP contribution is 2.26. The quantitative estimate of drug-likeness (QED) is 0.691. The van der Waals surface area contributed by atoms with Gasteiger partial charge in [-0.25, -0.2) is 0 Å². The number of phenols is 2. The van der Waals surface area contributed by atoms with E-state index < -0.39 is 0 Å². The second kappa shape index (κ2) is 7.24. The lowest BCUT2D eigenvalue weighted by Gasteiger charge is -2.02. The molecule has 0 aromatic heterocycles. The van der Waals surface area contributed by atoms with Crippen LogP contribution >= 0.6 is 0 Å². The van der Waals surface area contributed by atoms with Crippen LogP contribution < -0.4 is 0 Å². The minimum Gasteiger partial charge on any atom is -0.506 e. The number of aromatic hydroxyl groups is 2. The van der Waals surface area contributed by atoms with E-state index in [1.165, 1.54) is 0 Å². The molecule has 24 heavy (non-hydrogen) atoms. The van der Waals surface area contributed by atoms with Crippen LogP contribution in [0.15, 0.2) is 82.8 Å². The fourth-order valence-electron chi connectivity index (χ4n) is 2.17. The van der Waals surface area contributed by atoms with E-state index in [4.69, 9.17) is 0 Å². The highest BCUT2D eigenvalue weighted by atomic mass is 16.3. The van der Waals surface area contributed by atoms with Crippen molar-refractivity contribution in [1.82, 2.24) is 0 Å². The van der Waals surface area contributed by atoms with Crippen LogP contribution in [-0.4, -0.2) is 22.6 Å². The van der Waals surface area contributed by atoms with Crippen LogP contribution in [0.1, 0.15) is 11.1 Å². The molecule has 0 amide bonds. The minimum absolute atomic E-state index is 0.133. The smallest absolute Gasteiger partial charge is 0.141 e. The van der Waals surface area contributed by atoms with Crippen molar-refractivity contribution in [3.05, 3.63) is 83.9 Å². The van der Waals surface area contributed by atoms with Crippen molar-refractivity contribution in [2.45, 2.75) is 0 Å². The summed E-state index contributed by atoms with van der Waals surface area (Å²) in [5, 5.41) is 19.5. The molecule has 4 heteroatoms. The predicted molar refractivity (Wildman–Crippen MR) is 97.2 cm³/mol. The SMILES string of the molecule is Oc1ccccc1N=Cc1ccccc1C=Nc1ccccc1O. The van der Waals surface area contributed by atoms with Gasteiger partial charge in [0.2, 0.25) is 0 Å². The largest absolute Gasteiger partial charge is 0.506 e. The Morgan fingerprint density at radius 3 is 1.33 bits per heavy atom. The van der Waals surface area contributed by atoms with E-state index in [2.05, 4.69) is 9.98 Å². The Morgan fingerprint density at radius 1 is 0.542 bits per heavy atom. The number of aliphatic imine (C=N–C) groups is 2. The summed E-state index contributed by atoms with van der Waals surface area (Å²) >= 11 is 0. The monoisotopic (exact) mass is 316 g/mol. The molecular weight excluding hydrogens is 300 g/mol. The molecule has 3 rings (SSSR count). The number of nitrogens with zero attached hydrogens (tertiary/aromatic N) is 2. The first kappa shape index (κ1) is 15.5. The summed E-state index contributed by atoms with van der Waals surface area (Å²) in [6.07, 6.45) is 3.36. The van der Waals surface area contributed by atoms with Gasteiger partial charge in [-0.15, -0.1) is 0 Å². The zero-order chi connectivity index (χ0) is 16.8.